The molecule has 1 aliphatic carbocycles. The summed E-state index contributed by atoms with van der Waals surface area (Å²) >= 11 is -1.37. The summed E-state index contributed by atoms with van der Waals surface area (Å²) in [5, 5.41) is 0. The molecule has 29 heavy (non-hydrogen) atoms. The minimum atomic E-state index is -1.37. The SMILES string of the molecule is C=Cc1ccc(CN(c2ccccc2)S(=O)N2CCN(C3CCC3)CC2)c(F)c1. The molecular weight excluding hydrogens is 385 g/mol. The van der Waals surface area contributed by atoms with E-state index in [0.717, 1.165) is 37.4 Å². The van der Waals surface area contributed by atoms with Crippen molar-refractivity contribution in [1.29, 1.82) is 0 Å². The molecule has 1 unspecified atom stereocenters. The first kappa shape index (κ1) is 20.3. The lowest BCUT2D eigenvalue weighted by Crippen LogP contribution is -2.54. The topological polar surface area (TPSA) is 26.8 Å². The van der Waals surface area contributed by atoms with Gasteiger partial charge in [-0.2, -0.15) is 0 Å². The molecule has 0 N–H and O–H groups in total. The number of benzene rings is 2. The Hall–Kier alpha value is -2.02. The summed E-state index contributed by atoms with van der Waals surface area (Å²) < 4.78 is 31.9. The van der Waals surface area contributed by atoms with E-state index in [-0.39, 0.29) is 12.4 Å². The summed E-state index contributed by atoms with van der Waals surface area (Å²) in [4.78, 5) is 2.53. The van der Waals surface area contributed by atoms with Crippen LogP contribution < -0.4 is 4.31 Å². The number of para-hydroxylation sites is 1. The van der Waals surface area contributed by atoms with Gasteiger partial charge in [-0.3, -0.25) is 9.21 Å². The van der Waals surface area contributed by atoms with Crippen LogP contribution in [0.3, 0.4) is 0 Å². The first-order chi connectivity index (χ1) is 14.2. The molecule has 2 aromatic carbocycles. The van der Waals surface area contributed by atoms with E-state index < -0.39 is 11.2 Å². The number of anilines is 1. The third-order valence-corrected chi connectivity index (χ3v) is 7.47. The normalized spacial score (nSPS) is 19.5. The van der Waals surface area contributed by atoms with Crippen molar-refractivity contribution in [3.63, 3.8) is 0 Å². The summed E-state index contributed by atoms with van der Waals surface area (Å²) in [5.74, 6) is -0.296. The van der Waals surface area contributed by atoms with Crippen LogP contribution in [0.1, 0.15) is 30.4 Å². The second kappa shape index (κ2) is 9.20. The Morgan fingerprint density at radius 2 is 1.83 bits per heavy atom. The Bertz CT molecular complexity index is 864. The van der Waals surface area contributed by atoms with Crippen LogP contribution in [-0.2, 0) is 17.7 Å². The summed E-state index contributed by atoms with van der Waals surface area (Å²) in [5.41, 5.74) is 2.10. The number of hydrogen-bond acceptors (Lipinski definition) is 2. The van der Waals surface area contributed by atoms with Gasteiger partial charge in [-0.05, 0) is 36.6 Å². The molecule has 2 aromatic rings. The van der Waals surface area contributed by atoms with Gasteiger partial charge in [0, 0.05) is 37.8 Å². The van der Waals surface area contributed by atoms with Gasteiger partial charge in [0.05, 0.1) is 12.2 Å². The van der Waals surface area contributed by atoms with Crippen molar-refractivity contribution in [2.45, 2.75) is 31.8 Å². The molecule has 1 saturated carbocycles. The molecule has 1 atom stereocenters. The zero-order chi connectivity index (χ0) is 20.2. The molecule has 0 amide bonds. The van der Waals surface area contributed by atoms with Gasteiger partial charge in [-0.15, -0.1) is 0 Å². The maximum Gasteiger partial charge on any atom is 0.199 e. The number of hydrogen-bond donors (Lipinski definition) is 0. The molecule has 4 nitrogen and oxygen atoms in total. The van der Waals surface area contributed by atoms with Crippen molar-refractivity contribution >= 4 is 22.9 Å². The van der Waals surface area contributed by atoms with E-state index in [4.69, 9.17) is 0 Å². The van der Waals surface area contributed by atoms with Crippen molar-refractivity contribution in [2.24, 2.45) is 0 Å². The van der Waals surface area contributed by atoms with Crippen LogP contribution in [0.2, 0.25) is 0 Å². The minimum Gasteiger partial charge on any atom is -0.298 e. The van der Waals surface area contributed by atoms with Crippen molar-refractivity contribution in [2.75, 3.05) is 30.5 Å². The van der Waals surface area contributed by atoms with Crippen LogP contribution in [0.25, 0.3) is 6.08 Å². The number of rotatable bonds is 7. The summed E-state index contributed by atoms with van der Waals surface area (Å²) in [6.45, 7) is 7.37. The average molecular weight is 414 g/mol. The van der Waals surface area contributed by atoms with E-state index in [9.17, 15) is 8.60 Å². The van der Waals surface area contributed by atoms with Crippen LogP contribution >= 0.6 is 0 Å². The second-order valence-electron chi connectivity index (χ2n) is 7.71. The molecule has 0 aromatic heterocycles. The van der Waals surface area contributed by atoms with Gasteiger partial charge in [0.2, 0.25) is 0 Å². The molecule has 1 aliphatic heterocycles. The van der Waals surface area contributed by atoms with Crippen molar-refractivity contribution in [3.8, 4) is 0 Å². The smallest absolute Gasteiger partial charge is 0.199 e. The van der Waals surface area contributed by atoms with E-state index >= 15 is 0 Å². The minimum absolute atomic E-state index is 0.253. The van der Waals surface area contributed by atoms with Crippen molar-refractivity contribution < 1.29 is 8.60 Å². The van der Waals surface area contributed by atoms with Gasteiger partial charge in [0.25, 0.3) is 0 Å². The van der Waals surface area contributed by atoms with Gasteiger partial charge in [0.15, 0.2) is 11.2 Å². The van der Waals surface area contributed by atoms with E-state index in [0.29, 0.717) is 11.6 Å². The largest absolute Gasteiger partial charge is 0.298 e. The molecule has 0 radical (unpaired) electrons. The fourth-order valence-electron chi connectivity index (χ4n) is 3.92. The van der Waals surface area contributed by atoms with E-state index in [2.05, 4.69) is 11.5 Å². The van der Waals surface area contributed by atoms with Gasteiger partial charge in [-0.1, -0.05) is 49.4 Å². The maximum atomic E-state index is 14.6. The van der Waals surface area contributed by atoms with Crippen LogP contribution in [-0.4, -0.2) is 45.6 Å². The Labute approximate surface area is 175 Å². The fraction of sp³-hybridized carbons (Fsp3) is 0.391. The van der Waals surface area contributed by atoms with Gasteiger partial charge in [0.1, 0.15) is 5.82 Å². The molecular formula is C23H28FN3OS. The third-order valence-electron chi connectivity index (χ3n) is 5.94. The third kappa shape index (κ3) is 4.60. The van der Waals surface area contributed by atoms with Crippen LogP contribution in [0.15, 0.2) is 55.1 Å². The van der Waals surface area contributed by atoms with Crippen molar-refractivity contribution in [1.82, 2.24) is 9.21 Å². The zero-order valence-electron chi connectivity index (χ0n) is 16.7. The Kier molecular flexibility index (Phi) is 6.43. The van der Waals surface area contributed by atoms with Gasteiger partial charge >= 0.3 is 0 Å². The standard InChI is InChI=1S/C23H28FN3OS/c1-2-19-11-12-20(23(24)17-19)18-27(22-7-4-3-5-8-22)29(28)26-15-13-25(14-16-26)21-9-6-10-21/h2-5,7-8,11-12,17,21H,1,6,9-10,13-16,18H2. The molecule has 154 valence electrons. The molecule has 2 fully saturated rings. The summed E-state index contributed by atoms with van der Waals surface area (Å²) in [7, 11) is 0. The maximum absolute atomic E-state index is 14.6. The second-order valence-corrected chi connectivity index (χ2v) is 9.13. The average Bonchev–Trinajstić information content (AvgIpc) is 2.72. The molecule has 1 saturated heterocycles. The lowest BCUT2D eigenvalue weighted by molar-refractivity contribution is 0.0904. The highest BCUT2D eigenvalue weighted by Crippen LogP contribution is 2.27. The van der Waals surface area contributed by atoms with E-state index in [1.165, 1.54) is 25.3 Å². The molecule has 6 heteroatoms. The van der Waals surface area contributed by atoms with E-state index in [1.807, 2.05) is 40.7 Å². The molecule has 0 spiro atoms. The Morgan fingerprint density at radius 1 is 1.10 bits per heavy atom. The summed E-state index contributed by atoms with van der Waals surface area (Å²) in [6.07, 6.45) is 5.54. The van der Waals surface area contributed by atoms with Crippen LogP contribution in [0, 0.1) is 5.82 Å². The lowest BCUT2D eigenvalue weighted by Gasteiger charge is -2.43. The summed E-state index contributed by atoms with van der Waals surface area (Å²) in [6, 6.07) is 15.4. The van der Waals surface area contributed by atoms with E-state index in [1.54, 1.807) is 16.4 Å². The quantitative estimate of drug-likeness (QED) is 0.679. The molecule has 1 heterocycles. The monoisotopic (exact) mass is 413 g/mol. The van der Waals surface area contributed by atoms with Gasteiger partial charge in [-0.25, -0.2) is 12.9 Å². The first-order valence-electron chi connectivity index (χ1n) is 10.3. The predicted molar refractivity (Wildman–Crippen MR) is 118 cm³/mol. The predicted octanol–water partition coefficient (Wildman–Crippen LogP) is 4.22. The Morgan fingerprint density at radius 3 is 2.41 bits per heavy atom. The van der Waals surface area contributed by atoms with Crippen LogP contribution in [0.5, 0.6) is 0 Å². The highest BCUT2D eigenvalue weighted by Gasteiger charge is 2.31. The first-order valence-corrected chi connectivity index (χ1v) is 11.4. The molecule has 2 aliphatic rings. The lowest BCUT2D eigenvalue weighted by atomic mass is 9.91. The van der Waals surface area contributed by atoms with Crippen LogP contribution in [0.4, 0.5) is 10.1 Å². The number of nitrogens with zero attached hydrogens (tertiary/aromatic N) is 3. The molecule has 4 rings (SSSR count). The van der Waals surface area contributed by atoms with Gasteiger partial charge < -0.3 is 0 Å². The fourth-order valence-corrected chi connectivity index (χ4v) is 5.23. The highest BCUT2D eigenvalue weighted by atomic mass is 32.2. The Balaban J connectivity index is 1.51. The van der Waals surface area contributed by atoms with Crippen molar-refractivity contribution in [3.05, 3.63) is 72.1 Å². The number of halogens is 1. The molecule has 0 bridgehead atoms. The number of piperazine rings is 1. The zero-order valence-corrected chi connectivity index (χ0v) is 17.5. The highest BCUT2D eigenvalue weighted by molar-refractivity contribution is 7.84.